The number of aromatic nitrogens is 2. The summed E-state index contributed by atoms with van der Waals surface area (Å²) in [6.07, 6.45) is 0. The smallest absolute Gasteiger partial charge is 0.376 e. The lowest BCUT2D eigenvalue weighted by Gasteiger charge is -2.15. The summed E-state index contributed by atoms with van der Waals surface area (Å²) in [4.78, 5) is 21.1. The molecule has 0 saturated heterocycles. The van der Waals surface area contributed by atoms with Gasteiger partial charge in [-0.25, -0.2) is 14.8 Å². The highest BCUT2D eigenvalue weighted by Crippen LogP contribution is 2.41. The monoisotopic (exact) mass is 423 g/mol. The number of carbonyl (C=O) groups is 1. The lowest BCUT2D eigenvalue weighted by Crippen LogP contribution is -2.11. The summed E-state index contributed by atoms with van der Waals surface area (Å²) < 4.78 is 27.3. The Hall–Kier alpha value is -4.01. The molecule has 9 nitrogen and oxygen atoms in total. The first-order chi connectivity index (χ1) is 15.1. The molecule has 0 spiro atoms. The summed E-state index contributed by atoms with van der Waals surface area (Å²) in [6.45, 7) is 1.93. The Bertz CT molecular complexity index is 1240. The molecule has 2 aromatic carbocycles. The van der Waals surface area contributed by atoms with Crippen molar-refractivity contribution < 1.29 is 28.2 Å². The van der Waals surface area contributed by atoms with Crippen LogP contribution < -0.4 is 19.5 Å². The standard InChI is InChI=1S/C22H21N3O6/c1-5-30-22(26)21-24-17-13-8-6-7-9-14(13)31-19(17)20(25-21)23-12-10-15(27-2)18(29-4)16(11-12)28-3/h6-11H,5H2,1-4H3,(H,23,24,25). The maximum atomic E-state index is 12.4. The Morgan fingerprint density at radius 3 is 2.39 bits per heavy atom. The molecule has 9 heteroatoms. The van der Waals surface area contributed by atoms with E-state index in [2.05, 4.69) is 15.3 Å². The van der Waals surface area contributed by atoms with E-state index < -0.39 is 5.97 Å². The molecule has 0 saturated carbocycles. The van der Waals surface area contributed by atoms with Crippen LogP contribution in [0, 0.1) is 0 Å². The molecule has 0 fully saturated rings. The average Bonchev–Trinajstić information content (AvgIpc) is 3.17. The van der Waals surface area contributed by atoms with Crippen molar-refractivity contribution in [3.8, 4) is 17.2 Å². The van der Waals surface area contributed by atoms with Gasteiger partial charge in [0, 0.05) is 23.2 Å². The highest BCUT2D eigenvalue weighted by molar-refractivity contribution is 6.07. The van der Waals surface area contributed by atoms with E-state index in [-0.39, 0.29) is 12.4 Å². The number of ether oxygens (including phenoxy) is 4. The fourth-order valence-corrected chi connectivity index (χ4v) is 3.25. The molecule has 2 heterocycles. The minimum Gasteiger partial charge on any atom is -0.493 e. The Morgan fingerprint density at radius 1 is 1.03 bits per heavy atom. The topological polar surface area (TPSA) is 105 Å². The van der Waals surface area contributed by atoms with Crippen molar-refractivity contribution in [3.05, 3.63) is 42.2 Å². The second-order valence-corrected chi connectivity index (χ2v) is 6.43. The first-order valence-electron chi connectivity index (χ1n) is 9.53. The van der Waals surface area contributed by atoms with Crippen LogP contribution in [0.5, 0.6) is 17.2 Å². The summed E-state index contributed by atoms with van der Waals surface area (Å²) >= 11 is 0. The molecule has 4 aromatic rings. The van der Waals surface area contributed by atoms with Crippen molar-refractivity contribution in [1.82, 2.24) is 9.97 Å². The summed E-state index contributed by atoms with van der Waals surface area (Å²) in [5.41, 5.74) is 2.12. The van der Waals surface area contributed by atoms with Crippen molar-refractivity contribution in [2.75, 3.05) is 33.3 Å². The molecule has 0 aliphatic rings. The molecule has 0 aliphatic carbocycles. The van der Waals surface area contributed by atoms with E-state index in [1.54, 1.807) is 19.1 Å². The number of furan rings is 1. The molecular formula is C22H21N3O6. The first kappa shape index (κ1) is 20.3. The van der Waals surface area contributed by atoms with Gasteiger partial charge < -0.3 is 28.7 Å². The molecule has 0 bridgehead atoms. The van der Waals surface area contributed by atoms with E-state index >= 15 is 0 Å². The van der Waals surface area contributed by atoms with Crippen LogP contribution in [0.25, 0.3) is 22.1 Å². The van der Waals surface area contributed by atoms with E-state index in [4.69, 9.17) is 23.4 Å². The van der Waals surface area contributed by atoms with Gasteiger partial charge in [-0.2, -0.15) is 0 Å². The Balaban J connectivity index is 1.89. The fourth-order valence-electron chi connectivity index (χ4n) is 3.25. The van der Waals surface area contributed by atoms with Crippen LogP contribution in [0.15, 0.2) is 40.8 Å². The molecule has 1 N–H and O–H groups in total. The van der Waals surface area contributed by atoms with Crippen molar-refractivity contribution in [2.45, 2.75) is 6.92 Å². The van der Waals surface area contributed by atoms with Gasteiger partial charge >= 0.3 is 5.97 Å². The van der Waals surface area contributed by atoms with Gasteiger partial charge in [0.2, 0.25) is 11.6 Å². The average molecular weight is 423 g/mol. The lowest BCUT2D eigenvalue weighted by atomic mass is 10.2. The maximum Gasteiger partial charge on any atom is 0.376 e. The van der Waals surface area contributed by atoms with Crippen molar-refractivity contribution in [2.24, 2.45) is 0 Å². The number of anilines is 2. The Morgan fingerprint density at radius 2 is 1.74 bits per heavy atom. The van der Waals surface area contributed by atoms with E-state index in [1.165, 1.54) is 21.3 Å². The minimum absolute atomic E-state index is 0.0733. The number of carbonyl (C=O) groups excluding carboxylic acids is 1. The summed E-state index contributed by atoms with van der Waals surface area (Å²) in [5.74, 6) is 0.992. The Kier molecular flexibility index (Phi) is 5.48. The largest absolute Gasteiger partial charge is 0.493 e. The van der Waals surface area contributed by atoms with Crippen molar-refractivity contribution in [3.63, 3.8) is 0 Å². The summed E-state index contributed by atoms with van der Waals surface area (Å²) in [6, 6.07) is 10.9. The van der Waals surface area contributed by atoms with Gasteiger partial charge in [0.25, 0.3) is 0 Å². The molecule has 0 atom stereocenters. The number of fused-ring (bicyclic) bond motifs is 3. The van der Waals surface area contributed by atoms with Gasteiger partial charge in [-0.05, 0) is 19.1 Å². The zero-order valence-corrected chi connectivity index (χ0v) is 17.5. The number of hydrogen-bond acceptors (Lipinski definition) is 9. The summed E-state index contributed by atoms with van der Waals surface area (Å²) in [5, 5.41) is 3.94. The predicted octanol–water partition coefficient (Wildman–Crippen LogP) is 4.32. The van der Waals surface area contributed by atoms with E-state index in [0.29, 0.717) is 45.4 Å². The number of methoxy groups -OCH3 is 3. The first-order valence-corrected chi connectivity index (χ1v) is 9.53. The van der Waals surface area contributed by atoms with Crippen LogP contribution in [0.3, 0.4) is 0 Å². The van der Waals surface area contributed by atoms with Crippen LogP contribution in [0.1, 0.15) is 17.5 Å². The van der Waals surface area contributed by atoms with Gasteiger partial charge in [0.1, 0.15) is 11.1 Å². The van der Waals surface area contributed by atoms with E-state index in [0.717, 1.165) is 5.39 Å². The summed E-state index contributed by atoms with van der Waals surface area (Å²) in [7, 11) is 4.59. The predicted molar refractivity (Wildman–Crippen MR) is 115 cm³/mol. The number of rotatable bonds is 7. The van der Waals surface area contributed by atoms with Gasteiger partial charge in [-0.15, -0.1) is 0 Å². The zero-order chi connectivity index (χ0) is 22.0. The Labute approximate surface area is 177 Å². The third-order valence-corrected chi connectivity index (χ3v) is 4.61. The second-order valence-electron chi connectivity index (χ2n) is 6.43. The number of para-hydroxylation sites is 1. The molecule has 0 amide bonds. The molecule has 0 radical (unpaired) electrons. The van der Waals surface area contributed by atoms with Crippen molar-refractivity contribution >= 4 is 39.5 Å². The van der Waals surface area contributed by atoms with E-state index in [1.807, 2.05) is 24.3 Å². The lowest BCUT2D eigenvalue weighted by molar-refractivity contribution is 0.0512. The normalized spacial score (nSPS) is 10.8. The van der Waals surface area contributed by atoms with Gasteiger partial charge in [0.05, 0.1) is 27.9 Å². The molecule has 0 aliphatic heterocycles. The third-order valence-electron chi connectivity index (χ3n) is 4.61. The van der Waals surface area contributed by atoms with Crippen LogP contribution in [0.4, 0.5) is 11.5 Å². The molecule has 160 valence electrons. The van der Waals surface area contributed by atoms with E-state index in [9.17, 15) is 4.79 Å². The van der Waals surface area contributed by atoms with Gasteiger partial charge in [-0.3, -0.25) is 0 Å². The highest BCUT2D eigenvalue weighted by Gasteiger charge is 2.21. The zero-order valence-electron chi connectivity index (χ0n) is 17.5. The van der Waals surface area contributed by atoms with Gasteiger partial charge in [0.15, 0.2) is 22.9 Å². The van der Waals surface area contributed by atoms with Gasteiger partial charge in [-0.1, -0.05) is 12.1 Å². The highest BCUT2D eigenvalue weighted by atomic mass is 16.5. The number of nitrogens with one attached hydrogen (secondary N) is 1. The molecule has 31 heavy (non-hydrogen) atoms. The minimum atomic E-state index is -0.623. The van der Waals surface area contributed by atoms with Crippen molar-refractivity contribution in [1.29, 1.82) is 0 Å². The fraction of sp³-hybridized carbons (Fsp3) is 0.227. The third kappa shape index (κ3) is 3.65. The maximum absolute atomic E-state index is 12.4. The SMILES string of the molecule is CCOC(=O)c1nc(Nc2cc(OC)c(OC)c(OC)c2)c2oc3ccccc3c2n1. The quantitative estimate of drug-likeness (QED) is 0.435. The van der Waals surface area contributed by atoms with Crippen LogP contribution in [-0.2, 0) is 4.74 Å². The second kappa shape index (κ2) is 8.39. The molecule has 4 rings (SSSR count). The van der Waals surface area contributed by atoms with Crippen LogP contribution in [0.2, 0.25) is 0 Å². The number of hydrogen-bond donors (Lipinski definition) is 1. The molecule has 2 aromatic heterocycles. The molecule has 0 unspecified atom stereocenters. The number of benzene rings is 2. The number of esters is 1. The molecular weight excluding hydrogens is 402 g/mol. The van der Waals surface area contributed by atoms with Crippen LogP contribution >= 0.6 is 0 Å². The number of nitrogens with zero attached hydrogens (tertiary/aromatic N) is 2. The van der Waals surface area contributed by atoms with Crippen LogP contribution in [-0.4, -0.2) is 43.9 Å².